The van der Waals surface area contributed by atoms with Crippen molar-refractivity contribution >= 4 is 28.9 Å². The number of ether oxygens (including phenoxy) is 1. The standard InChI is InChI=1S/C19H22N2O2S/c1-4-14-10-8-9-13(3)17(14)20-19(24)21-18(22)15-11-6-7-12-16(15)23-5-2/h6-12H,4-5H2,1-3H3,(H2,20,21,22,24). The van der Waals surface area contributed by atoms with Crippen LogP contribution < -0.4 is 15.4 Å². The van der Waals surface area contributed by atoms with E-state index in [1.807, 2.05) is 38.1 Å². The molecule has 2 aromatic carbocycles. The Labute approximate surface area is 148 Å². The van der Waals surface area contributed by atoms with Gasteiger partial charge < -0.3 is 10.1 Å². The number of amides is 1. The lowest BCUT2D eigenvalue weighted by Crippen LogP contribution is -2.34. The lowest BCUT2D eigenvalue weighted by molar-refractivity contribution is 0.0974. The molecule has 0 atom stereocenters. The Bertz CT molecular complexity index is 744. The minimum atomic E-state index is -0.289. The third-order valence-corrected chi connectivity index (χ3v) is 3.84. The number of hydrogen-bond acceptors (Lipinski definition) is 3. The third-order valence-electron chi connectivity index (χ3n) is 3.64. The van der Waals surface area contributed by atoms with Crippen molar-refractivity contribution in [3.63, 3.8) is 0 Å². The minimum absolute atomic E-state index is 0.273. The molecule has 0 aliphatic carbocycles. The fourth-order valence-corrected chi connectivity index (χ4v) is 2.65. The van der Waals surface area contributed by atoms with Gasteiger partial charge in [-0.15, -0.1) is 0 Å². The van der Waals surface area contributed by atoms with E-state index in [0.29, 0.717) is 17.9 Å². The summed E-state index contributed by atoms with van der Waals surface area (Å²) in [7, 11) is 0. The van der Waals surface area contributed by atoms with Crippen LogP contribution in [0.1, 0.15) is 35.3 Å². The Hall–Kier alpha value is -2.40. The van der Waals surface area contributed by atoms with Crippen molar-refractivity contribution in [2.45, 2.75) is 27.2 Å². The SMILES string of the molecule is CCOc1ccccc1C(=O)NC(=S)Nc1c(C)cccc1CC. The van der Waals surface area contributed by atoms with Crippen molar-refractivity contribution in [1.82, 2.24) is 5.32 Å². The molecule has 2 rings (SSSR count). The van der Waals surface area contributed by atoms with E-state index in [-0.39, 0.29) is 11.0 Å². The van der Waals surface area contributed by atoms with Crippen molar-refractivity contribution in [3.05, 3.63) is 59.2 Å². The Morgan fingerprint density at radius 1 is 1.12 bits per heavy atom. The number of para-hydroxylation sites is 2. The van der Waals surface area contributed by atoms with Gasteiger partial charge in [-0.05, 0) is 55.7 Å². The molecule has 0 heterocycles. The zero-order valence-corrected chi connectivity index (χ0v) is 15.0. The Morgan fingerprint density at radius 2 is 1.88 bits per heavy atom. The molecule has 0 radical (unpaired) electrons. The highest BCUT2D eigenvalue weighted by atomic mass is 32.1. The minimum Gasteiger partial charge on any atom is -0.493 e. The van der Waals surface area contributed by atoms with E-state index in [9.17, 15) is 4.79 Å². The predicted molar refractivity (Wildman–Crippen MR) is 102 cm³/mol. The summed E-state index contributed by atoms with van der Waals surface area (Å²) in [5, 5.41) is 6.14. The molecule has 0 spiro atoms. The number of rotatable bonds is 5. The Morgan fingerprint density at radius 3 is 2.58 bits per heavy atom. The van der Waals surface area contributed by atoms with E-state index < -0.39 is 0 Å². The topological polar surface area (TPSA) is 50.4 Å². The van der Waals surface area contributed by atoms with Crippen molar-refractivity contribution in [2.75, 3.05) is 11.9 Å². The number of aryl methyl sites for hydroxylation is 2. The van der Waals surface area contributed by atoms with Gasteiger partial charge in [0.1, 0.15) is 5.75 Å². The molecule has 1 amide bonds. The lowest BCUT2D eigenvalue weighted by atomic mass is 10.1. The second-order valence-corrected chi connectivity index (χ2v) is 5.71. The number of nitrogens with one attached hydrogen (secondary N) is 2. The van der Waals surface area contributed by atoms with Crippen LogP contribution in [0.25, 0.3) is 0 Å². The van der Waals surface area contributed by atoms with Crippen LogP contribution in [0.15, 0.2) is 42.5 Å². The van der Waals surface area contributed by atoms with Gasteiger partial charge in [0, 0.05) is 5.69 Å². The summed E-state index contributed by atoms with van der Waals surface area (Å²) < 4.78 is 5.49. The van der Waals surface area contributed by atoms with Crippen LogP contribution >= 0.6 is 12.2 Å². The van der Waals surface area contributed by atoms with Crippen LogP contribution in [0.2, 0.25) is 0 Å². The van der Waals surface area contributed by atoms with Gasteiger partial charge in [0.15, 0.2) is 5.11 Å². The highest BCUT2D eigenvalue weighted by Gasteiger charge is 2.14. The maximum Gasteiger partial charge on any atom is 0.261 e. The fraction of sp³-hybridized carbons (Fsp3) is 0.263. The van der Waals surface area contributed by atoms with Crippen molar-refractivity contribution in [3.8, 4) is 5.75 Å². The van der Waals surface area contributed by atoms with Crippen LogP contribution in [0.5, 0.6) is 5.75 Å². The zero-order chi connectivity index (χ0) is 17.5. The van der Waals surface area contributed by atoms with Crippen LogP contribution in [0.3, 0.4) is 0 Å². The van der Waals surface area contributed by atoms with Gasteiger partial charge in [-0.3, -0.25) is 10.1 Å². The molecule has 2 N–H and O–H groups in total. The highest BCUT2D eigenvalue weighted by Crippen LogP contribution is 2.21. The molecule has 0 aliphatic rings. The van der Waals surface area contributed by atoms with Crippen LogP contribution in [-0.4, -0.2) is 17.6 Å². The van der Waals surface area contributed by atoms with E-state index in [1.54, 1.807) is 18.2 Å². The molecule has 0 saturated carbocycles. The zero-order valence-electron chi connectivity index (χ0n) is 14.2. The smallest absolute Gasteiger partial charge is 0.261 e. The summed E-state index contributed by atoms with van der Waals surface area (Å²) >= 11 is 5.30. The highest BCUT2D eigenvalue weighted by molar-refractivity contribution is 7.80. The van der Waals surface area contributed by atoms with Gasteiger partial charge in [0.2, 0.25) is 0 Å². The summed E-state index contributed by atoms with van der Waals surface area (Å²) in [5.41, 5.74) is 3.65. The number of thiocarbonyl (C=S) groups is 1. The predicted octanol–water partition coefficient (Wildman–Crippen LogP) is 4.08. The molecule has 0 aromatic heterocycles. The molecule has 5 heteroatoms. The molecule has 4 nitrogen and oxygen atoms in total. The average Bonchev–Trinajstić information content (AvgIpc) is 2.57. The van der Waals surface area contributed by atoms with E-state index in [4.69, 9.17) is 17.0 Å². The number of carbonyl (C=O) groups excluding carboxylic acids is 1. The van der Waals surface area contributed by atoms with Crippen LogP contribution in [0, 0.1) is 6.92 Å². The quantitative estimate of drug-likeness (QED) is 0.804. The van der Waals surface area contributed by atoms with Gasteiger partial charge >= 0.3 is 0 Å². The largest absolute Gasteiger partial charge is 0.493 e. The summed E-state index contributed by atoms with van der Waals surface area (Å²) in [5.74, 6) is 0.258. The molecular formula is C19H22N2O2S. The molecule has 0 bridgehead atoms. The average molecular weight is 342 g/mol. The molecule has 2 aromatic rings. The van der Waals surface area contributed by atoms with Gasteiger partial charge in [-0.25, -0.2) is 0 Å². The second kappa shape index (κ2) is 8.45. The third kappa shape index (κ3) is 4.32. The summed E-state index contributed by atoms with van der Waals surface area (Å²) in [4.78, 5) is 12.5. The maximum absolute atomic E-state index is 12.5. The normalized spacial score (nSPS) is 10.1. The van der Waals surface area contributed by atoms with E-state index in [1.165, 1.54) is 0 Å². The molecule has 0 fully saturated rings. The van der Waals surface area contributed by atoms with Gasteiger partial charge in [0.25, 0.3) is 5.91 Å². The van der Waals surface area contributed by atoms with Crippen molar-refractivity contribution in [2.24, 2.45) is 0 Å². The molecule has 0 aliphatic heterocycles. The molecule has 0 unspecified atom stereocenters. The lowest BCUT2D eigenvalue weighted by Gasteiger charge is -2.16. The van der Waals surface area contributed by atoms with E-state index in [2.05, 4.69) is 17.6 Å². The molecule has 24 heavy (non-hydrogen) atoms. The molecule has 0 saturated heterocycles. The maximum atomic E-state index is 12.5. The number of carbonyl (C=O) groups is 1. The first kappa shape index (κ1) is 17.9. The number of benzene rings is 2. The monoisotopic (exact) mass is 342 g/mol. The summed E-state index contributed by atoms with van der Waals surface area (Å²) in [6, 6.07) is 13.2. The van der Waals surface area contributed by atoms with Gasteiger partial charge in [-0.2, -0.15) is 0 Å². The number of anilines is 1. The van der Waals surface area contributed by atoms with E-state index in [0.717, 1.165) is 23.2 Å². The van der Waals surface area contributed by atoms with Crippen molar-refractivity contribution < 1.29 is 9.53 Å². The number of hydrogen-bond donors (Lipinski definition) is 2. The first-order valence-corrected chi connectivity index (χ1v) is 8.40. The first-order chi connectivity index (χ1) is 11.6. The van der Waals surface area contributed by atoms with Gasteiger partial charge in [-0.1, -0.05) is 37.3 Å². The Balaban J connectivity index is 2.12. The second-order valence-electron chi connectivity index (χ2n) is 5.30. The summed E-state index contributed by atoms with van der Waals surface area (Å²) in [6.07, 6.45) is 0.883. The summed E-state index contributed by atoms with van der Waals surface area (Å²) in [6.45, 7) is 6.47. The van der Waals surface area contributed by atoms with Gasteiger partial charge in [0.05, 0.1) is 12.2 Å². The Kier molecular flexibility index (Phi) is 6.32. The molecular weight excluding hydrogens is 320 g/mol. The van der Waals surface area contributed by atoms with Crippen molar-refractivity contribution in [1.29, 1.82) is 0 Å². The van der Waals surface area contributed by atoms with Crippen LogP contribution in [0.4, 0.5) is 5.69 Å². The van der Waals surface area contributed by atoms with E-state index >= 15 is 0 Å². The first-order valence-electron chi connectivity index (χ1n) is 7.99. The van der Waals surface area contributed by atoms with Crippen LogP contribution in [-0.2, 0) is 6.42 Å². The molecule has 126 valence electrons. The fourth-order valence-electron chi connectivity index (χ4n) is 2.45.